The number of pyridine rings is 1. The summed E-state index contributed by atoms with van der Waals surface area (Å²) in [5, 5.41) is 0. The lowest BCUT2D eigenvalue weighted by atomic mass is 10.2. The third-order valence-corrected chi connectivity index (χ3v) is 3.82. The van der Waals surface area contributed by atoms with Crippen molar-refractivity contribution in [2.45, 2.75) is 0 Å². The van der Waals surface area contributed by atoms with Crippen molar-refractivity contribution in [2.24, 2.45) is 0 Å². The molecular formula is C10H13N3O2S. The third-order valence-electron chi connectivity index (χ3n) is 2.55. The molecule has 5 nitrogen and oxygen atoms in total. The van der Waals surface area contributed by atoms with Crippen LogP contribution in [0, 0.1) is 0 Å². The van der Waals surface area contributed by atoms with Crippen LogP contribution in [-0.2, 0) is 10.8 Å². The van der Waals surface area contributed by atoms with Gasteiger partial charge in [-0.15, -0.1) is 0 Å². The van der Waals surface area contributed by atoms with E-state index in [1.807, 2.05) is 0 Å². The lowest BCUT2D eigenvalue weighted by molar-refractivity contribution is 0.0772. The zero-order chi connectivity index (χ0) is 11.5. The molecule has 1 aromatic heterocycles. The van der Waals surface area contributed by atoms with Gasteiger partial charge in [-0.25, -0.2) is 0 Å². The molecule has 1 aliphatic rings. The number of rotatable bonds is 1. The molecule has 86 valence electrons. The van der Waals surface area contributed by atoms with Crippen LogP contribution in [0.4, 0.5) is 5.69 Å². The number of nitrogens with zero attached hydrogens (tertiary/aromatic N) is 2. The fourth-order valence-electron chi connectivity index (χ4n) is 1.61. The predicted molar refractivity (Wildman–Crippen MR) is 62.4 cm³/mol. The highest BCUT2D eigenvalue weighted by Crippen LogP contribution is 2.13. The normalized spacial score (nSPS) is 17.4. The molecule has 2 heterocycles. The molecule has 0 spiro atoms. The van der Waals surface area contributed by atoms with Gasteiger partial charge in [-0.2, -0.15) is 0 Å². The van der Waals surface area contributed by atoms with E-state index in [1.165, 1.54) is 6.20 Å². The number of carbonyl (C=O) groups is 1. The minimum Gasteiger partial charge on any atom is -0.397 e. The molecule has 1 aliphatic heterocycles. The molecule has 2 N–H and O–H groups in total. The van der Waals surface area contributed by atoms with Crippen LogP contribution in [0.25, 0.3) is 0 Å². The molecule has 1 fully saturated rings. The summed E-state index contributed by atoms with van der Waals surface area (Å²) >= 11 is 0. The lowest BCUT2D eigenvalue weighted by Crippen LogP contribution is -2.42. The van der Waals surface area contributed by atoms with Crippen LogP contribution in [0.1, 0.15) is 10.4 Å². The number of carbonyl (C=O) groups excluding carboxylic acids is 1. The number of nitrogen functional groups attached to an aromatic ring is 1. The smallest absolute Gasteiger partial charge is 0.256 e. The molecule has 0 saturated carbocycles. The van der Waals surface area contributed by atoms with Crippen molar-refractivity contribution in [1.82, 2.24) is 9.88 Å². The van der Waals surface area contributed by atoms with Crippen molar-refractivity contribution in [3.05, 3.63) is 24.0 Å². The molecule has 1 saturated heterocycles. The summed E-state index contributed by atoms with van der Waals surface area (Å²) in [6.45, 7) is 1.07. The van der Waals surface area contributed by atoms with Gasteiger partial charge in [-0.3, -0.25) is 14.0 Å². The van der Waals surface area contributed by atoms with E-state index in [9.17, 15) is 9.00 Å². The highest BCUT2D eigenvalue weighted by Gasteiger charge is 2.22. The fourth-order valence-corrected chi connectivity index (χ4v) is 2.66. The Morgan fingerprint density at radius 2 is 2.12 bits per heavy atom. The second-order valence-corrected chi connectivity index (χ2v) is 5.30. The van der Waals surface area contributed by atoms with E-state index in [4.69, 9.17) is 5.73 Å². The maximum absolute atomic E-state index is 12.0. The molecule has 6 heteroatoms. The Morgan fingerprint density at radius 3 is 2.75 bits per heavy atom. The lowest BCUT2D eigenvalue weighted by Gasteiger charge is -2.26. The monoisotopic (exact) mass is 239 g/mol. The molecule has 0 atom stereocenters. The molecule has 0 radical (unpaired) electrons. The first-order valence-corrected chi connectivity index (χ1v) is 6.51. The van der Waals surface area contributed by atoms with E-state index in [2.05, 4.69) is 4.98 Å². The number of aromatic nitrogens is 1. The average molecular weight is 239 g/mol. The average Bonchev–Trinajstić information content (AvgIpc) is 2.30. The zero-order valence-corrected chi connectivity index (χ0v) is 9.57. The summed E-state index contributed by atoms with van der Waals surface area (Å²) in [6, 6.07) is 1.61. The van der Waals surface area contributed by atoms with Crippen molar-refractivity contribution < 1.29 is 9.00 Å². The van der Waals surface area contributed by atoms with Crippen LogP contribution in [0.5, 0.6) is 0 Å². The molecular weight excluding hydrogens is 226 g/mol. The molecule has 0 unspecified atom stereocenters. The summed E-state index contributed by atoms with van der Waals surface area (Å²) in [5.41, 5.74) is 6.55. The van der Waals surface area contributed by atoms with Crippen LogP contribution < -0.4 is 5.73 Å². The Labute approximate surface area is 96.1 Å². The van der Waals surface area contributed by atoms with E-state index in [0.29, 0.717) is 35.8 Å². The molecule has 0 aliphatic carbocycles. The first-order valence-electron chi connectivity index (χ1n) is 5.02. The number of anilines is 1. The van der Waals surface area contributed by atoms with E-state index < -0.39 is 10.8 Å². The van der Waals surface area contributed by atoms with Crippen molar-refractivity contribution in [3.8, 4) is 0 Å². The Bertz CT molecular complexity index is 426. The molecule has 2 rings (SSSR count). The van der Waals surface area contributed by atoms with Gasteiger partial charge in [0.15, 0.2) is 0 Å². The van der Waals surface area contributed by atoms with Gasteiger partial charge in [0.05, 0.1) is 17.4 Å². The van der Waals surface area contributed by atoms with Crippen molar-refractivity contribution >= 4 is 22.4 Å². The van der Waals surface area contributed by atoms with Crippen molar-refractivity contribution in [3.63, 3.8) is 0 Å². The van der Waals surface area contributed by atoms with Gasteiger partial charge in [-0.1, -0.05) is 0 Å². The van der Waals surface area contributed by atoms with Gasteiger partial charge < -0.3 is 10.6 Å². The topological polar surface area (TPSA) is 76.3 Å². The summed E-state index contributed by atoms with van der Waals surface area (Å²) in [4.78, 5) is 17.6. The number of hydrogen-bond acceptors (Lipinski definition) is 4. The highest BCUT2D eigenvalue weighted by atomic mass is 32.2. The summed E-state index contributed by atoms with van der Waals surface area (Å²) in [5.74, 6) is 1.00. The quantitative estimate of drug-likeness (QED) is 0.740. The Hall–Kier alpha value is -1.43. The Balaban J connectivity index is 2.14. The molecule has 16 heavy (non-hydrogen) atoms. The van der Waals surface area contributed by atoms with Crippen LogP contribution in [0.15, 0.2) is 18.5 Å². The molecule has 1 amide bonds. The van der Waals surface area contributed by atoms with Crippen LogP contribution in [0.2, 0.25) is 0 Å². The second-order valence-electron chi connectivity index (χ2n) is 3.60. The minimum atomic E-state index is -0.777. The molecule has 0 aromatic carbocycles. The van der Waals surface area contributed by atoms with E-state index >= 15 is 0 Å². The zero-order valence-electron chi connectivity index (χ0n) is 8.76. The SMILES string of the molecule is Nc1cnccc1C(=O)N1CCS(=O)CC1. The van der Waals surface area contributed by atoms with Gasteiger partial charge in [0.2, 0.25) is 0 Å². The largest absolute Gasteiger partial charge is 0.397 e. The van der Waals surface area contributed by atoms with Gasteiger partial charge in [0.1, 0.15) is 0 Å². The van der Waals surface area contributed by atoms with Crippen molar-refractivity contribution in [1.29, 1.82) is 0 Å². The van der Waals surface area contributed by atoms with Gasteiger partial charge in [0.25, 0.3) is 5.91 Å². The van der Waals surface area contributed by atoms with E-state index in [1.54, 1.807) is 17.2 Å². The number of amides is 1. The van der Waals surface area contributed by atoms with E-state index in [-0.39, 0.29) is 5.91 Å². The van der Waals surface area contributed by atoms with E-state index in [0.717, 1.165) is 0 Å². The summed E-state index contributed by atoms with van der Waals surface area (Å²) in [7, 11) is -0.777. The van der Waals surface area contributed by atoms with Crippen LogP contribution in [0.3, 0.4) is 0 Å². The predicted octanol–water partition coefficient (Wildman–Crippen LogP) is -0.132. The maximum atomic E-state index is 12.0. The fraction of sp³-hybridized carbons (Fsp3) is 0.400. The van der Waals surface area contributed by atoms with Crippen LogP contribution >= 0.6 is 0 Å². The van der Waals surface area contributed by atoms with Gasteiger partial charge in [0, 0.05) is 41.6 Å². The standard InChI is InChI=1S/C10H13N3O2S/c11-9-7-12-2-1-8(9)10(14)13-3-5-16(15)6-4-13/h1-2,7H,3-6,11H2. The molecule has 1 aromatic rings. The first kappa shape index (κ1) is 11.1. The Kier molecular flexibility index (Phi) is 3.19. The van der Waals surface area contributed by atoms with Gasteiger partial charge in [-0.05, 0) is 6.07 Å². The highest BCUT2D eigenvalue weighted by molar-refractivity contribution is 7.85. The van der Waals surface area contributed by atoms with Crippen molar-refractivity contribution in [2.75, 3.05) is 30.3 Å². The van der Waals surface area contributed by atoms with Gasteiger partial charge >= 0.3 is 0 Å². The van der Waals surface area contributed by atoms with Crippen LogP contribution in [-0.4, -0.2) is 44.6 Å². The minimum absolute atomic E-state index is 0.100. The Morgan fingerprint density at radius 1 is 1.44 bits per heavy atom. The second kappa shape index (κ2) is 4.61. The summed E-state index contributed by atoms with van der Waals surface area (Å²) < 4.78 is 11.2. The molecule has 0 bridgehead atoms. The first-order chi connectivity index (χ1) is 7.68. The third kappa shape index (κ3) is 2.21. The number of nitrogens with two attached hydrogens (primary N) is 1. The number of hydrogen-bond donors (Lipinski definition) is 1. The summed E-state index contributed by atoms with van der Waals surface area (Å²) in [6.07, 6.45) is 3.01. The maximum Gasteiger partial charge on any atom is 0.256 e.